The highest BCUT2D eigenvalue weighted by atomic mass is 19.1. The zero-order chi connectivity index (χ0) is 12.1. The third-order valence-corrected chi connectivity index (χ3v) is 3.08. The molecule has 0 radical (unpaired) electrons. The van der Waals surface area contributed by atoms with Crippen molar-refractivity contribution in [2.24, 2.45) is 0 Å². The summed E-state index contributed by atoms with van der Waals surface area (Å²) in [7, 11) is 0. The minimum Gasteiger partial charge on any atom is -0.394 e. The predicted octanol–water partition coefficient (Wildman–Crippen LogP) is 1.11. The van der Waals surface area contributed by atoms with Gasteiger partial charge in [-0.3, -0.25) is 0 Å². The van der Waals surface area contributed by atoms with Crippen molar-refractivity contribution >= 4 is 0 Å². The van der Waals surface area contributed by atoms with Gasteiger partial charge in [-0.1, -0.05) is 12.1 Å². The average molecular weight is 239 g/mol. The molecule has 1 aromatic carbocycles. The molecule has 0 bridgehead atoms. The fraction of sp³-hybridized carbons (Fsp3) is 0.538. The van der Waals surface area contributed by atoms with Crippen LogP contribution in [0.5, 0.6) is 0 Å². The molecular formula is C13H18FNO2. The molecule has 1 unspecified atom stereocenters. The molecule has 0 amide bonds. The molecule has 1 saturated heterocycles. The van der Waals surface area contributed by atoms with Crippen LogP contribution in [0.15, 0.2) is 24.3 Å². The highest BCUT2D eigenvalue weighted by Gasteiger charge is 2.31. The number of aliphatic hydroxyl groups is 1. The minimum atomic E-state index is -0.482. The van der Waals surface area contributed by atoms with E-state index in [1.54, 1.807) is 6.07 Å². The van der Waals surface area contributed by atoms with E-state index in [1.807, 2.05) is 6.07 Å². The molecule has 2 N–H and O–H groups in total. The zero-order valence-electron chi connectivity index (χ0n) is 9.79. The van der Waals surface area contributed by atoms with Crippen LogP contribution in [0, 0.1) is 5.82 Å². The Bertz CT molecular complexity index is 362. The molecule has 1 fully saturated rings. The monoisotopic (exact) mass is 239 g/mol. The summed E-state index contributed by atoms with van der Waals surface area (Å²) in [4.78, 5) is 0. The Morgan fingerprint density at radius 1 is 1.47 bits per heavy atom. The number of aliphatic hydroxyl groups excluding tert-OH is 1. The van der Waals surface area contributed by atoms with Crippen molar-refractivity contribution in [2.75, 3.05) is 26.4 Å². The maximum Gasteiger partial charge on any atom is 0.123 e. The third-order valence-electron chi connectivity index (χ3n) is 3.08. The van der Waals surface area contributed by atoms with E-state index >= 15 is 0 Å². The lowest BCUT2D eigenvalue weighted by molar-refractivity contribution is 0.0566. The predicted molar refractivity (Wildman–Crippen MR) is 63.4 cm³/mol. The van der Waals surface area contributed by atoms with Crippen molar-refractivity contribution in [3.63, 3.8) is 0 Å². The second-order valence-corrected chi connectivity index (χ2v) is 4.58. The Morgan fingerprint density at radius 2 is 2.35 bits per heavy atom. The second kappa shape index (κ2) is 5.58. The van der Waals surface area contributed by atoms with Gasteiger partial charge in [0, 0.05) is 6.61 Å². The van der Waals surface area contributed by atoms with Crippen LogP contribution >= 0.6 is 0 Å². The summed E-state index contributed by atoms with van der Waals surface area (Å²) >= 11 is 0. The van der Waals surface area contributed by atoms with Gasteiger partial charge >= 0.3 is 0 Å². The van der Waals surface area contributed by atoms with Crippen molar-refractivity contribution in [2.45, 2.75) is 18.4 Å². The number of hydrogen-bond acceptors (Lipinski definition) is 3. The van der Waals surface area contributed by atoms with Crippen molar-refractivity contribution in [3.8, 4) is 0 Å². The summed E-state index contributed by atoms with van der Waals surface area (Å²) < 4.78 is 18.6. The van der Waals surface area contributed by atoms with Gasteiger partial charge in [-0.05, 0) is 37.1 Å². The van der Waals surface area contributed by atoms with Crippen molar-refractivity contribution in [3.05, 3.63) is 35.6 Å². The van der Waals surface area contributed by atoms with Crippen LogP contribution in [0.3, 0.4) is 0 Å². The quantitative estimate of drug-likeness (QED) is 0.830. The van der Waals surface area contributed by atoms with Crippen molar-refractivity contribution < 1.29 is 14.2 Å². The molecule has 1 aliphatic heterocycles. The van der Waals surface area contributed by atoms with E-state index in [0.29, 0.717) is 19.6 Å². The number of benzene rings is 1. The third kappa shape index (κ3) is 3.25. The molecular weight excluding hydrogens is 221 g/mol. The van der Waals surface area contributed by atoms with Gasteiger partial charge in [0.25, 0.3) is 0 Å². The first-order chi connectivity index (χ1) is 8.24. The number of nitrogens with one attached hydrogen (secondary N) is 1. The van der Waals surface area contributed by atoms with E-state index in [0.717, 1.165) is 18.5 Å². The summed E-state index contributed by atoms with van der Waals surface area (Å²) in [6, 6.07) is 6.48. The molecule has 0 aromatic heterocycles. The van der Waals surface area contributed by atoms with Gasteiger partial charge in [0.05, 0.1) is 18.8 Å². The maximum atomic E-state index is 13.1. The summed E-state index contributed by atoms with van der Waals surface area (Å²) in [6.07, 6.45) is 1.51. The number of ether oxygens (including phenoxy) is 1. The average Bonchev–Trinajstić information content (AvgIpc) is 2.55. The summed E-state index contributed by atoms with van der Waals surface area (Å²) in [5.74, 6) is -0.245. The van der Waals surface area contributed by atoms with Crippen LogP contribution in [0.4, 0.5) is 4.39 Å². The van der Waals surface area contributed by atoms with Gasteiger partial charge < -0.3 is 15.2 Å². The van der Waals surface area contributed by atoms with Gasteiger partial charge in [0.15, 0.2) is 0 Å². The molecule has 3 nitrogen and oxygen atoms in total. The summed E-state index contributed by atoms with van der Waals surface area (Å²) in [5.41, 5.74) is 0.390. The zero-order valence-corrected chi connectivity index (χ0v) is 9.79. The van der Waals surface area contributed by atoms with Gasteiger partial charge in [0.2, 0.25) is 0 Å². The van der Waals surface area contributed by atoms with E-state index < -0.39 is 5.54 Å². The van der Waals surface area contributed by atoms with Gasteiger partial charge in [-0.25, -0.2) is 4.39 Å². The van der Waals surface area contributed by atoms with Crippen molar-refractivity contribution in [1.82, 2.24) is 5.32 Å². The molecule has 4 heteroatoms. The first kappa shape index (κ1) is 12.5. The molecule has 1 aromatic rings. The second-order valence-electron chi connectivity index (χ2n) is 4.58. The molecule has 2 rings (SSSR count). The molecule has 0 saturated carbocycles. The molecule has 0 spiro atoms. The van der Waals surface area contributed by atoms with Gasteiger partial charge in [-0.15, -0.1) is 0 Å². The first-order valence-electron chi connectivity index (χ1n) is 5.92. The number of hydrogen-bond donors (Lipinski definition) is 2. The smallest absolute Gasteiger partial charge is 0.123 e. The highest BCUT2D eigenvalue weighted by Crippen LogP contribution is 2.17. The molecule has 1 atom stereocenters. The van der Waals surface area contributed by atoms with Crippen molar-refractivity contribution in [1.29, 1.82) is 0 Å². The van der Waals surface area contributed by atoms with Crippen LogP contribution < -0.4 is 5.32 Å². The van der Waals surface area contributed by atoms with E-state index in [4.69, 9.17) is 4.74 Å². The van der Waals surface area contributed by atoms with E-state index in [1.165, 1.54) is 12.1 Å². The van der Waals surface area contributed by atoms with E-state index in [2.05, 4.69) is 5.32 Å². The molecule has 0 aliphatic carbocycles. The molecule has 1 aliphatic rings. The normalized spacial score (nSPS) is 25.5. The van der Waals surface area contributed by atoms with Gasteiger partial charge in [-0.2, -0.15) is 0 Å². The van der Waals surface area contributed by atoms with Gasteiger partial charge in [0.1, 0.15) is 5.82 Å². The highest BCUT2D eigenvalue weighted by molar-refractivity contribution is 5.19. The standard InChI is InChI=1S/C13H18FNO2/c14-12-4-1-3-11(7-12)8-13(9-16)10-17-6-2-5-15-13/h1,3-4,7,15-16H,2,5-6,8-10H2. The van der Waals surface area contributed by atoms with E-state index in [-0.39, 0.29) is 12.4 Å². The summed E-state index contributed by atoms with van der Waals surface area (Å²) in [5, 5.41) is 12.9. The molecule has 17 heavy (non-hydrogen) atoms. The topological polar surface area (TPSA) is 41.5 Å². The minimum absolute atomic E-state index is 0.0104. The SMILES string of the molecule is OCC1(Cc2cccc(F)c2)COCCCN1. The fourth-order valence-corrected chi connectivity index (χ4v) is 2.15. The molecule has 94 valence electrons. The largest absolute Gasteiger partial charge is 0.394 e. The lowest BCUT2D eigenvalue weighted by atomic mass is 9.92. The Kier molecular flexibility index (Phi) is 4.10. The van der Waals surface area contributed by atoms with Crippen LogP contribution in [-0.4, -0.2) is 37.0 Å². The summed E-state index contributed by atoms with van der Waals surface area (Å²) in [6.45, 7) is 1.97. The first-order valence-corrected chi connectivity index (χ1v) is 5.92. The van der Waals surface area contributed by atoms with E-state index in [9.17, 15) is 9.50 Å². The Labute approximate surface area is 101 Å². The lowest BCUT2D eigenvalue weighted by Gasteiger charge is -2.31. The maximum absolute atomic E-state index is 13.1. The Balaban J connectivity index is 2.12. The molecule has 1 heterocycles. The Morgan fingerprint density at radius 3 is 3.12 bits per heavy atom. The van der Waals surface area contributed by atoms with Crippen LogP contribution in [-0.2, 0) is 11.2 Å². The van der Waals surface area contributed by atoms with Crippen LogP contribution in [0.25, 0.3) is 0 Å². The van der Waals surface area contributed by atoms with Crippen LogP contribution in [0.2, 0.25) is 0 Å². The lowest BCUT2D eigenvalue weighted by Crippen LogP contribution is -2.53. The Hall–Kier alpha value is -0.970. The number of rotatable bonds is 3. The fourth-order valence-electron chi connectivity index (χ4n) is 2.15. The van der Waals surface area contributed by atoms with Crippen LogP contribution in [0.1, 0.15) is 12.0 Å². The number of halogens is 1.